The van der Waals surface area contributed by atoms with Gasteiger partial charge in [-0.3, -0.25) is 9.47 Å². The van der Waals surface area contributed by atoms with Gasteiger partial charge >= 0.3 is 5.97 Å². The Kier molecular flexibility index (Phi) is 6.78. The monoisotopic (exact) mass is 432 g/mol. The number of carboxylic acids is 1. The number of aromatic carboxylic acids is 1. The highest BCUT2D eigenvalue weighted by Crippen LogP contribution is 2.26. The first-order valence-corrected chi connectivity index (χ1v) is 10.2. The molecule has 2 aromatic heterocycles. The van der Waals surface area contributed by atoms with Gasteiger partial charge in [-0.15, -0.1) is 10.2 Å². The lowest BCUT2D eigenvalue weighted by molar-refractivity contribution is 0.0680. The summed E-state index contributed by atoms with van der Waals surface area (Å²) in [5.41, 5.74) is 2.94. The summed E-state index contributed by atoms with van der Waals surface area (Å²) < 4.78 is 19.9. The Hall–Kier alpha value is -3.27. The van der Waals surface area contributed by atoms with Crippen LogP contribution in [-0.2, 0) is 6.42 Å². The van der Waals surface area contributed by atoms with Crippen LogP contribution in [0.5, 0.6) is 5.75 Å². The van der Waals surface area contributed by atoms with Gasteiger partial charge < -0.3 is 15.3 Å². The summed E-state index contributed by atoms with van der Waals surface area (Å²) in [5.74, 6) is -1.84. The summed E-state index contributed by atoms with van der Waals surface area (Å²) in [6.07, 6.45) is 3.33. The smallest absolute Gasteiger partial charge is 0.358 e. The lowest BCUT2D eigenvalue weighted by Gasteiger charge is -2.15. The second-order valence-corrected chi connectivity index (χ2v) is 7.52. The molecular weight excluding hydrogens is 411 g/mol. The van der Waals surface area contributed by atoms with Crippen LogP contribution in [0.3, 0.4) is 0 Å². The number of carboxylic acid groups (broad SMARTS) is 1. The number of rotatable bonds is 9. The predicted octanol–water partition coefficient (Wildman–Crippen LogP) is 3.15. The molecule has 0 unspecified atom stereocenters. The van der Waals surface area contributed by atoms with E-state index in [1.807, 2.05) is 6.92 Å². The van der Waals surface area contributed by atoms with Gasteiger partial charge in [0.1, 0.15) is 10.8 Å². The molecule has 158 valence electrons. The molecule has 8 nitrogen and oxygen atoms in total. The molecule has 0 amide bonds. The number of hydrogen-bond acceptors (Lipinski definition) is 7. The number of pyridine rings is 1. The highest BCUT2D eigenvalue weighted by atomic mass is 32.1. The average molecular weight is 432 g/mol. The van der Waals surface area contributed by atoms with Crippen molar-refractivity contribution in [2.45, 2.75) is 26.2 Å². The normalized spacial score (nSPS) is 10.8. The van der Waals surface area contributed by atoms with Crippen LogP contribution in [0, 0.1) is 5.82 Å². The molecular formula is C20H21FN4O4S. The van der Waals surface area contributed by atoms with E-state index in [4.69, 9.17) is 4.74 Å². The number of benzene rings is 1. The fraction of sp³-hybridized carbons (Fsp3) is 0.300. The summed E-state index contributed by atoms with van der Waals surface area (Å²) in [6.45, 7) is 2.19. The largest absolute Gasteiger partial charge is 0.487 e. The van der Waals surface area contributed by atoms with Crippen molar-refractivity contribution >= 4 is 17.3 Å². The number of nitrogens with one attached hydrogen (secondary N) is 1. The van der Waals surface area contributed by atoms with Crippen molar-refractivity contribution in [3.63, 3.8) is 0 Å². The van der Waals surface area contributed by atoms with Gasteiger partial charge in [-0.1, -0.05) is 36.8 Å². The minimum Gasteiger partial charge on any atom is -0.487 e. The van der Waals surface area contributed by atoms with Crippen LogP contribution in [0.1, 0.15) is 40.8 Å². The fourth-order valence-electron chi connectivity index (χ4n) is 2.78. The topological polar surface area (TPSA) is 106 Å². The van der Waals surface area contributed by atoms with Gasteiger partial charge in [0.2, 0.25) is 11.2 Å². The summed E-state index contributed by atoms with van der Waals surface area (Å²) >= 11 is 1.21. The number of ether oxygens (including phenoxy) is 1. The standard InChI is InChI=1S/C20H21FN4O4S/c1-3-4-9-29-18-16(20(27)28)25(22-2)11-14(17(18)26)19-24-23-15(30-19)10-12-5-7-13(21)8-6-12/h5-8,11,22H,3-4,9-10H2,1-2H3,(H,27,28). The Morgan fingerprint density at radius 1 is 1.30 bits per heavy atom. The van der Waals surface area contributed by atoms with Gasteiger partial charge in [-0.25, -0.2) is 9.18 Å². The number of hydrogen-bond donors (Lipinski definition) is 2. The molecule has 0 aliphatic rings. The second-order valence-electron chi connectivity index (χ2n) is 6.45. The van der Waals surface area contributed by atoms with Gasteiger partial charge in [-0.05, 0) is 24.1 Å². The maximum Gasteiger partial charge on any atom is 0.358 e. The molecule has 10 heteroatoms. The molecule has 0 spiro atoms. The molecule has 0 fully saturated rings. The minimum atomic E-state index is -1.28. The van der Waals surface area contributed by atoms with E-state index < -0.39 is 11.4 Å². The molecule has 0 bridgehead atoms. The van der Waals surface area contributed by atoms with Crippen LogP contribution in [0.2, 0.25) is 0 Å². The lowest BCUT2D eigenvalue weighted by Crippen LogP contribution is -2.26. The third-order valence-electron chi connectivity index (χ3n) is 4.32. The molecule has 0 saturated carbocycles. The van der Waals surface area contributed by atoms with Crippen molar-refractivity contribution in [2.24, 2.45) is 0 Å². The third-order valence-corrected chi connectivity index (χ3v) is 5.28. The molecule has 30 heavy (non-hydrogen) atoms. The number of carbonyl (C=O) groups is 1. The van der Waals surface area contributed by atoms with Crippen molar-refractivity contribution in [1.29, 1.82) is 0 Å². The highest BCUT2D eigenvalue weighted by molar-refractivity contribution is 7.14. The van der Waals surface area contributed by atoms with Crippen molar-refractivity contribution < 1.29 is 19.0 Å². The third kappa shape index (κ3) is 4.65. The van der Waals surface area contributed by atoms with E-state index in [-0.39, 0.29) is 29.4 Å². The zero-order valence-corrected chi connectivity index (χ0v) is 17.3. The van der Waals surface area contributed by atoms with E-state index in [1.165, 1.54) is 41.4 Å². The van der Waals surface area contributed by atoms with Gasteiger partial charge in [0.25, 0.3) is 0 Å². The SMILES string of the molecule is CCCCOc1c(C(=O)O)n(NC)cc(-c2nnc(Cc3ccc(F)cc3)s2)c1=O. The molecule has 0 atom stereocenters. The molecule has 3 rings (SSSR count). The van der Waals surface area contributed by atoms with E-state index in [1.54, 1.807) is 12.1 Å². The fourth-order valence-corrected chi connectivity index (χ4v) is 3.66. The van der Waals surface area contributed by atoms with Crippen LogP contribution in [0.25, 0.3) is 10.6 Å². The highest BCUT2D eigenvalue weighted by Gasteiger charge is 2.24. The van der Waals surface area contributed by atoms with Crippen molar-refractivity contribution in [3.05, 3.63) is 62.8 Å². The van der Waals surface area contributed by atoms with Gasteiger partial charge in [-0.2, -0.15) is 0 Å². The number of halogens is 1. The van der Waals surface area contributed by atoms with Gasteiger partial charge in [0.15, 0.2) is 10.7 Å². The summed E-state index contributed by atoms with van der Waals surface area (Å²) in [7, 11) is 1.54. The lowest BCUT2D eigenvalue weighted by atomic mass is 10.2. The number of nitrogens with zero attached hydrogens (tertiary/aromatic N) is 3. The van der Waals surface area contributed by atoms with E-state index in [0.717, 1.165) is 12.0 Å². The Bertz CT molecular complexity index is 1100. The zero-order valence-electron chi connectivity index (χ0n) is 16.5. The summed E-state index contributed by atoms with van der Waals surface area (Å²) in [5, 5.41) is 18.8. The maximum atomic E-state index is 13.1. The summed E-state index contributed by atoms with van der Waals surface area (Å²) in [6, 6.07) is 6.05. The van der Waals surface area contributed by atoms with Gasteiger partial charge in [0.05, 0.1) is 12.2 Å². The van der Waals surface area contributed by atoms with Crippen LogP contribution >= 0.6 is 11.3 Å². The number of unbranched alkanes of at least 4 members (excludes halogenated alkanes) is 1. The first kappa shape index (κ1) is 21.4. The average Bonchev–Trinajstić information content (AvgIpc) is 3.18. The Balaban J connectivity index is 2.00. The van der Waals surface area contributed by atoms with Crippen molar-refractivity contribution in [2.75, 3.05) is 19.1 Å². The Morgan fingerprint density at radius 2 is 2.03 bits per heavy atom. The molecule has 0 saturated heterocycles. The van der Waals surface area contributed by atoms with Crippen LogP contribution in [0.15, 0.2) is 35.3 Å². The second kappa shape index (κ2) is 9.49. The molecule has 1 aromatic carbocycles. The zero-order chi connectivity index (χ0) is 21.7. The molecule has 2 heterocycles. The first-order valence-electron chi connectivity index (χ1n) is 9.35. The molecule has 0 aliphatic heterocycles. The van der Waals surface area contributed by atoms with E-state index in [9.17, 15) is 19.1 Å². The van der Waals surface area contributed by atoms with Gasteiger partial charge in [0, 0.05) is 19.7 Å². The van der Waals surface area contributed by atoms with Crippen LogP contribution < -0.4 is 15.6 Å². The molecule has 0 radical (unpaired) electrons. The maximum absolute atomic E-state index is 13.1. The predicted molar refractivity (Wildman–Crippen MR) is 111 cm³/mol. The van der Waals surface area contributed by atoms with Crippen molar-refractivity contribution in [1.82, 2.24) is 14.9 Å². The molecule has 0 aliphatic carbocycles. The quantitative estimate of drug-likeness (QED) is 0.500. The minimum absolute atomic E-state index is 0.184. The van der Waals surface area contributed by atoms with Crippen molar-refractivity contribution in [3.8, 4) is 16.3 Å². The molecule has 2 N–H and O–H groups in total. The van der Waals surface area contributed by atoms with E-state index >= 15 is 0 Å². The van der Waals surface area contributed by atoms with Crippen LogP contribution in [0.4, 0.5) is 4.39 Å². The van der Waals surface area contributed by atoms with E-state index in [0.29, 0.717) is 22.9 Å². The molecule has 3 aromatic rings. The number of aromatic nitrogens is 3. The summed E-state index contributed by atoms with van der Waals surface area (Å²) in [4.78, 5) is 24.8. The first-order chi connectivity index (χ1) is 14.4. The van der Waals surface area contributed by atoms with Crippen LogP contribution in [-0.4, -0.2) is 39.6 Å². The Morgan fingerprint density at radius 3 is 2.67 bits per heavy atom. The Labute approximate surface area is 175 Å². The van der Waals surface area contributed by atoms with E-state index in [2.05, 4.69) is 15.6 Å².